The third-order valence-corrected chi connectivity index (χ3v) is 3.02. The molecule has 1 unspecified atom stereocenters. The lowest BCUT2D eigenvalue weighted by Crippen LogP contribution is -2.22. The zero-order valence-electron chi connectivity index (χ0n) is 8.13. The summed E-state index contributed by atoms with van der Waals surface area (Å²) in [6.45, 7) is 6.24. The zero-order valence-corrected chi connectivity index (χ0v) is 9.02. The Morgan fingerprint density at radius 1 is 1.50 bits per heavy atom. The van der Waals surface area contributed by atoms with Gasteiger partial charge in [0.25, 0.3) is 0 Å². The van der Waals surface area contributed by atoms with Crippen molar-refractivity contribution in [1.82, 2.24) is 4.90 Å². The Morgan fingerprint density at radius 2 is 2.33 bits per heavy atom. The lowest BCUT2D eigenvalue weighted by Gasteiger charge is -2.14. The largest absolute Gasteiger partial charge is 0.303 e. The van der Waals surface area contributed by atoms with Crippen molar-refractivity contribution in [3.05, 3.63) is 0 Å². The van der Waals surface area contributed by atoms with Crippen molar-refractivity contribution in [2.24, 2.45) is 5.92 Å². The third-order valence-electron chi connectivity index (χ3n) is 2.70. The maximum atomic E-state index is 4.23. The first-order valence-electron chi connectivity index (χ1n) is 5.20. The lowest BCUT2D eigenvalue weighted by atomic mass is 10.0. The first-order chi connectivity index (χ1) is 5.86. The molecule has 1 heterocycles. The standard InChI is InChI=1S/C10H21NS/c1-2-4-10-5-7-11(9-10)6-3-8-12/h10,12H,2-9H2,1H3. The van der Waals surface area contributed by atoms with Crippen molar-refractivity contribution in [1.29, 1.82) is 0 Å². The van der Waals surface area contributed by atoms with Crippen LogP contribution in [0.15, 0.2) is 0 Å². The number of likely N-dealkylation sites (tertiary alicyclic amines) is 1. The van der Waals surface area contributed by atoms with E-state index in [1.54, 1.807) is 0 Å². The van der Waals surface area contributed by atoms with E-state index in [1.165, 1.54) is 45.3 Å². The Morgan fingerprint density at radius 3 is 3.00 bits per heavy atom. The van der Waals surface area contributed by atoms with Gasteiger partial charge in [-0.15, -0.1) is 0 Å². The van der Waals surface area contributed by atoms with Crippen LogP contribution in [-0.2, 0) is 0 Å². The first kappa shape index (κ1) is 10.4. The van der Waals surface area contributed by atoms with Crippen molar-refractivity contribution >= 4 is 12.6 Å². The summed E-state index contributed by atoms with van der Waals surface area (Å²) in [7, 11) is 0. The van der Waals surface area contributed by atoms with Gasteiger partial charge in [-0.3, -0.25) is 0 Å². The summed E-state index contributed by atoms with van der Waals surface area (Å²) in [6, 6.07) is 0. The molecule has 0 amide bonds. The molecule has 12 heavy (non-hydrogen) atoms. The van der Waals surface area contributed by atoms with E-state index in [0.717, 1.165) is 11.7 Å². The van der Waals surface area contributed by atoms with Crippen LogP contribution in [0, 0.1) is 5.92 Å². The molecule has 1 atom stereocenters. The Bertz CT molecular complexity index is 116. The number of nitrogens with zero attached hydrogens (tertiary/aromatic N) is 1. The van der Waals surface area contributed by atoms with Gasteiger partial charge in [0, 0.05) is 6.54 Å². The molecule has 72 valence electrons. The molecular formula is C10H21NS. The SMILES string of the molecule is CCCC1CCN(CCCS)C1. The maximum Gasteiger partial charge on any atom is 0.00101 e. The molecule has 0 radical (unpaired) electrons. The minimum Gasteiger partial charge on any atom is -0.303 e. The van der Waals surface area contributed by atoms with Gasteiger partial charge in [0.05, 0.1) is 0 Å². The fraction of sp³-hybridized carbons (Fsp3) is 1.00. The lowest BCUT2D eigenvalue weighted by molar-refractivity contribution is 0.322. The highest BCUT2D eigenvalue weighted by atomic mass is 32.1. The molecule has 1 saturated heterocycles. The summed E-state index contributed by atoms with van der Waals surface area (Å²) in [4.78, 5) is 2.59. The molecule has 1 aliphatic heterocycles. The van der Waals surface area contributed by atoms with Crippen LogP contribution in [0.4, 0.5) is 0 Å². The number of rotatable bonds is 5. The van der Waals surface area contributed by atoms with E-state index in [1.807, 2.05) is 0 Å². The van der Waals surface area contributed by atoms with Gasteiger partial charge in [0.2, 0.25) is 0 Å². The highest BCUT2D eigenvalue weighted by molar-refractivity contribution is 7.80. The predicted molar refractivity (Wildman–Crippen MR) is 57.9 cm³/mol. The molecule has 0 aromatic heterocycles. The molecule has 1 aliphatic rings. The molecule has 0 N–H and O–H groups in total. The van der Waals surface area contributed by atoms with Crippen LogP contribution >= 0.6 is 12.6 Å². The van der Waals surface area contributed by atoms with Crippen LogP contribution in [0.2, 0.25) is 0 Å². The van der Waals surface area contributed by atoms with Gasteiger partial charge in [-0.2, -0.15) is 12.6 Å². The highest BCUT2D eigenvalue weighted by Gasteiger charge is 2.20. The van der Waals surface area contributed by atoms with Gasteiger partial charge >= 0.3 is 0 Å². The molecular weight excluding hydrogens is 166 g/mol. The van der Waals surface area contributed by atoms with Crippen molar-refractivity contribution < 1.29 is 0 Å². The van der Waals surface area contributed by atoms with Gasteiger partial charge in [0.1, 0.15) is 0 Å². The monoisotopic (exact) mass is 187 g/mol. The van der Waals surface area contributed by atoms with Crippen LogP contribution in [0.5, 0.6) is 0 Å². The predicted octanol–water partition coefficient (Wildman–Crippen LogP) is 2.43. The van der Waals surface area contributed by atoms with E-state index in [4.69, 9.17) is 0 Å². The summed E-state index contributed by atoms with van der Waals surface area (Å²) in [5.41, 5.74) is 0. The van der Waals surface area contributed by atoms with Crippen LogP contribution in [0.25, 0.3) is 0 Å². The minimum atomic E-state index is 0.995. The summed E-state index contributed by atoms with van der Waals surface area (Å²) >= 11 is 4.23. The molecule has 0 aromatic carbocycles. The third kappa shape index (κ3) is 3.36. The van der Waals surface area contributed by atoms with E-state index < -0.39 is 0 Å². The van der Waals surface area contributed by atoms with Crippen molar-refractivity contribution in [3.63, 3.8) is 0 Å². The normalized spacial score (nSPS) is 25.0. The fourth-order valence-corrected chi connectivity index (χ4v) is 2.20. The molecule has 1 nitrogen and oxygen atoms in total. The summed E-state index contributed by atoms with van der Waals surface area (Å²) in [5, 5.41) is 0. The van der Waals surface area contributed by atoms with E-state index in [9.17, 15) is 0 Å². The topological polar surface area (TPSA) is 3.24 Å². The molecule has 2 heteroatoms. The van der Waals surface area contributed by atoms with Crippen LogP contribution < -0.4 is 0 Å². The Hall–Kier alpha value is 0.310. The molecule has 0 spiro atoms. The fourth-order valence-electron chi connectivity index (χ4n) is 2.05. The van der Waals surface area contributed by atoms with Gasteiger partial charge < -0.3 is 4.90 Å². The van der Waals surface area contributed by atoms with E-state index >= 15 is 0 Å². The average Bonchev–Trinajstić information content (AvgIpc) is 2.50. The molecule has 1 rings (SSSR count). The second-order valence-corrected chi connectivity index (χ2v) is 4.27. The van der Waals surface area contributed by atoms with Gasteiger partial charge in [-0.05, 0) is 44.0 Å². The molecule has 0 aromatic rings. The quantitative estimate of drug-likeness (QED) is 0.647. The number of hydrogen-bond donors (Lipinski definition) is 1. The number of thiol groups is 1. The van der Waals surface area contributed by atoms with E-state index in [0.29, 0.717) is 0 Å². The molecule has 1 fully saturated rings. The summed E-state index contributed by atoms with van der Waals surface area (Å²) in [6.07, 6.45) is 5.46. The van der Waals surface area contributed by atoms with Crippen LogP contribution in [0.1, 0.15) is 32.6 Å². The maximum absolute atomic E-state index is 4.23. The Kier molecular flexibility index (Phi) is 5.08. The zero-order chi connectivity index (χ0) is 8.81. The highest BCUT2D eigenvalue weighted by Crippen LogP contribution is 2.20. The smallest absolute Gasteiger partial charge is 0.00101 e. The van der Waals surface area contributed by atoms with Crippen molar-refractivity contribution in [3.8, 4) is 0 Å². The Labute approximate surface area is 81.9 Å². The summed E-state index contributed by atoms with van der Waals surface area (Å²) in [5.74, 6) is 2.03. The van der Waals surface area contributed by atoms with E-state index in [2.05, 4.69) is 24.5 Å². The van der Waals surface area contributed by atoms with Crippen LogP contribution in [0.3, 0.4) is 0 Å². The summed E-state index contributed by atoms with van der Waals surface area (Å²) < 4.78 is 0. The average molecular weight is 187 g/mol. The van der Waals surface area contributed by atoms with Gasteiger partial charge in [-0.1, -0.05) is 13.3 Å². The Balaban J connectivity index is 2.08. The second-order valence-electron chi connectivity index (χ2n) is 3.82. The van der Waals surface area contributed by atoms with Crippen molar-refractivity contribution in [2.45, 2.75) is 32.6 Å². The van der Waals surface area contributed by atoms with E-state index in [-0.39, 0.29) is 0 Å². The molecule has 0 saturated carbocycles. The first-order valence-corrected chi connectivity index (χ1v) is 5.83. The minimum absolute atomic E-state index is 0.995. The molecule has 0 bridgehead atoms. The van der Waals surface area contributed by atoms with Gasteiger partial charge in [-0.25, -0.2) is 0 Å². The second kappa shape index (κ2) is 5.87. The van der Waals surface area contributed by atoms with Crippen LogP contribution in [-0.4, -0.2) is 30.3 Å². The number of hydrogen-bond acceptors (Lipinski definition) is 2. The van der Waals surface area contributed by atoms with Gasteiger partial charge in [0.15, 0.2) is 0 Å². The molecule has 0 aliphatic carbocycles. The van der Waals surface area contributed by atoms with Crippen molar-refractivity contribution in [2.75, 3.05) is 25.4 Å².